The second kappa shape index (κ2) is 12.2. The van der Waals surface area contributed by atoms with Gasteiger partial charge in [-0.05, 0) is 32.3 Å². The van der Waals surface area contributed by atoms with E-state index in [0.29, 0.717) is 59.8 Å². The minimum Gasteiger partial charge on any atom is -0.593 e. The number of nitrogens with zero attached hydrogens (tertiary/aromatic N) is 3. The van der Waals surface area contributed by atoms with Gasteiger partial charge in [0.2, 0.25) is 5.88 Å². The van der Waals surface area contributed by atoms with Gasteiger partial charge in [-0.25, -0.2) is 9.71 Å². The smallest absolute Gasteiger partial charge is 0.254 e. The third kappa shape index (κ3) is 7.09. The summed E-state index contributed by atoms with van der Waals surface area (Å²) in [6.07, 6.45) is 1.58. The van der Waals surface area contributed by atoms with Crippen LogP contribution in [0.15, 0.2) is 42.6 Å². The molecule has 3 rings (SSSR count). The molecule has 1 unspecified atom stereocenters. The number of carbonyl (C=O) groups excluding carboxylic acids is 1. The van der Waals surface area contributed by atoms with E-state index in [4.69, 9.17) is 15.2 Å². The van der Waals surface area contributed by atoms with Crippen LogP contribution in [0.4, 0.5) is 17.2 Å². The number of aromatic nitrogens is 3. The summed E-state index contributed by atoms with van der Waals surface area (Å²) in [5.41, 5.74) is 8.31. The molecule has 0 radical (unpaired) electrons. The Morgan fingerprint density at radius 1 is 1.21 bits per heavy atom. The lowest BCUT2D eigenvalue weighted by atomic mass is 10.1. The Morgan fingerprint density at radius 2 is 1.97 bits per heavy atom. The van der Waals surface area contributed by atoms with Crippen molar-refractivity contribution in [3.63, 3.8) is 0 Å². The van der Waals surface area contributed by atoms with Crippen molar-refractivity contribution < 1.29 is 18.8 Å². The molecule has 1 aromatic carbocycles. The first-order valence-corrected chi connectivity index (χ1v) is 11.8. The van der Waals surface area contributed by atoms with Crippen LogP contribution in [0.1, 0.15) is 10.4 Å². The average molecular weight is 488 g/mol. The van der Waals surface area contributed by atoms with Gasteiger partial charge < -0.3 is 30.0 Å². The van der Waals surface area contributed by atoms with Crippen LogP contribution < -0.4 is 20.5 Å². The summed E-state index contributed by atoms with van der Waals surface area (Å²) in [6.45, 7) is 1.51. The van der Waals surface area contributed by atoms with E-state index in [1.54, 1.807) is 49.7 Å². The standard InChI is InChI=1S/C22H29N7O4S/c1-29(2)10-13-34(31)28-16-6-4-15(5-7-16)20-19(21(23)30)22(27-26-20)25-17-8-9-24-18(14-17)33-12-11-32-3/h4-9,14,28H,10-13H2,1-3H3,(H2,23,30)(H2,24,25,26,27). The van der Waals surface area contributed by atoms with Crippen molar-refractivity contribution in [1.29, 1.82) is 0 Å². The number of nitrogens with two attached hydrogens (primary N) is 1. The van der Waals surface area contributed by atoms with Gasteiger partial charge in [0.25, 0.3) is 5.91 Å². The van der Waals surface area contributed by atoms with Crippen LogP contribution in [0.5, 0.6) is 5.88 Å². The Hall–Kier alpha value is -3.32. The molecular formula is C22H29N7O4S. The number of nitrogens with one attached hydrogen (secondary N) is 3. The minimum absolute atomic E-state index is 0.217. The van der Waals surface area contributed by atoms with Crippen LogP contribution in [0.2, 0.25) is 0 Å². The summed E-state index contributed by atoms with van der Waals surface area (Å²) in [6, 6.07) is 10.5. The van der Waals surface area contributed by atoms with Gasteiger partial charge in [0.15, 0.2) is 0 Å². The zero-order valence-corrected chi connectivity index (χ0v) is 20.1. The summed E-state index contributed by atoms with van der Waals surface area (Å²) in [4.78, 5) is 18.4. The number of rotatable bonds is 13. The molecule has 182 valence electrons. The highest BCUT2D eigenvalue weighted by molar-refractivity contribution is 7.92. The number of benzene rings is 1. The Balaban J connectivity index is 1.74. The lowest BCUT2D eigenvalue weighted by Gasteiger charge is -2.14. The molecule has 12 heteroatoms. The van der Waals surface area contributed by atoms with Crippen LogP contribution in [0.3, 0.4) is 0 Å². The summed E-state index contributed by atoms with van der Waals surface area (Å²) in [5.74, 6) is 0.629. The van der Waals surface area contributed by atoms with E-state index in [2.05, 4.69) is 25.2 Å². The molecule has 0 aliphatic carbocycles. The number of methoxy groups -OCH3 is 1. The van der Waals surface area contributed by atoms with Gasteiger partial charge in [-0.1, -0.05) is 12.1 Å². The maximum Gasteiger partial charge on any atom is 0.254 e. The molecule has 0 spiro atoms. The molecule has 34 heavy (non-hydrogen) atoms. The van der Waals surface area contributed by atoms with Crippen molar-refractivity contribution in [2.45, 2.75) is 0 Å². The molecule has 0 aliphatic rings. The normalized spacial score (nSPS) is 11.9. The van der Waals surface area contributed by atoms with Crippen LogP contribution in [-0.4, -0.2) is 77.3 Å². The van der Waals surface area contributed by atoms with Crippen LogP contribution >= 0.6 is 0 Å². The molecule has 2 aromatic heterocycles. The summed E-state index contributed by atoms with van der Waals surface area (Å²) < 4.78 is 25.6. The number of anilines is 3. The first kappa shape index (κ1) is 25.3. The molecule has 0 aliphatic heterocycles. The number of hydrogen-bond acceptors (Lipinski definition) is 9. The van der Waals surface area contributed by atoms with Crippen molar-refractivity contribution in [2.24, 2.45) is 5.73 Å². The number of amides is 1. The lowest BCUT2D eigenvalue weighted by molar-refractivity contribution is 0.100. The monoisotopic (exact) mass is 487 g/mol. The number of pyridine rings is 1. The fourth-order valence-electron chi connectivity index (χ4n) is 2.97. The topological polar surface area (TPSA) is 153 Å². The third-order valence-corrected chi connectivity index (χ3v) is 5.68. The Morgan fingerprint density at radius 3 is 2.65 bits per heavy atom. The third-order valence-electron chi connectivity index (χ3n) is 4.67. The van der Waals surface area contributed by atoms with Crippen LogP contribution in [0, 0.1) is 0 Å². The maximum absolute atomic E-state index is 12.3. The first-order chi connectivity index (χ1) is 16.4. The second-order valence-electron chi connectivity index (χ2n) is 7.57. The number of aromatic amines is 1. The van der Waals surface area contributed by atoms with Gasteiger partial charge in [0.1, 0.15) is 29.4 Å². The van der Waals surface area contributed by atoms with Gasteiger partial charge in [-0.15, -0.1) is 0 Å². The van der Waals surface area contributed by atoms with Gasteiger partial charge in [0, 0.05) is 37.2 Å². The van der Waals surface area contributed by atoms with Gasteiger partial charge in [-0.2, -0.15) is 5.10 Å². The van der Waals surface area contributed by atoms with Crippen LogP contribution in [0.25, 0.3) is 11.3 Å². The summed E-state index contributed by atoms with van der Waals surface area (Å²) >= 11 is -1.20. The number of hydrogen-bond donors (Lipinski definition) is 4. The average Bonchev–Trinajstić information content (AvgIpc) is 3.22. The van der Waals surface area contributed by atoms with Crippen molar-refractivity contribution in [1.82, 2.24) is 20.1 Å². The Labute approximate surface area is 201 Å². The predicted octanol–water partition coefficient (Wildman–Crippen LogP) is 1.98. The molecule has 5 N–H and O–H groups in total. The van der Waals surface area contributed by atoms with E-state index < -0.39 is 17.3 Å². The maximum atomic E-state index is 12.3. The number of carbonyl (C=O) groups is 1. The molecule has 0 fully saturated rings. The van der Waals surface area contributed by atoms with E-state index >= 15 is 0 Å². The van der Waals surface area contributed by atoms with E-state index in [1.165, 1.54) is 0 Å². The van der Waals surface area contributed by atoms with E-state index in [9.17, 15) is 9.35 Å². The number of ether oxygens (including phenoxy) is 2. The molecular weight excluding hydrogens is 458 g/mol. The fourth-order valence-corrected chi connectivity index (χ4v) is 4.00. The molecule has 0 saturated heterocycles. The molecule has 11 nitrogen and oxygen atoms in total. The van der Waals surface area contributed by atoms with Crippen molar-refractivity contribution in [2.75, 3.05) is 56.8 Å². The predicted molar refractivity (Wildman–Crippen MR) is 133 cm³/mol. The van der Waals surface area contributed by atoms with Crippen molar-refractivity contribution in [3.05, 3.63) is 48.2 Å². The highest BCUT2D eigenvalue weighted by Gasteiger charge is 2.20. The molecule has 1 amide bonds. The first-order valence-electron chi connectivity index (χ1n) is 10.5. The van der Waals surface area contributed by atoms with Crippen LogP contribution in [-0.2, 0) is 16.1 Å². The zero-order valence-electron chi connectivity index (χ0n) is 19.3. The highest BCUT2D eigenvalue weighted by Crippen LogP contribution is 2.30. The number of H-pyrrole nitrogens is 1. The highest BCUT2D eigenvalue weighted by atomic mass is 32.2. The molecule has 0 saturated carbocycles. The summed E-state index contributed by atoms with van der Waals surface area (Å²) in [7, 11) is 5.45. The lowest BCUT2D eigenvalue weighted by Crippen LogP contribution is -2.26. The second-order valence-corrected chi connectivity index (χ2v) is 8.87. The molecule has 3 aromatic rings. The van der Waals surface area contributed by atoms with Crippen molar-refractivity contribution >= 4 is 34.5 Å². The van der Waals surface area contributed by atoms with Gasteiger partial charge in [-0.3, -0.25) is 9.89 Å². The molecule has 1 atom stereocenters. The van der Waals surface area contributed by atoms with Gasteiger partial charge in [0.05, 0.1) is 23.7 Å². The number of primary amides is 1. The fraction of sp³-hybridized carbons (Fsp3) is 0.318. The van der Waals surface area contributed by atoms with E-state index in [1.807, 2.05) is 19.0 Å². The van der Waals surface area contributed by atoms with E-state index in [-0.39, 0.29) is 5.56 Å². The quantitative estimate of drug-likeness (QED) is 0.209. The Kier molecular flexibility index (Phi) is 9.10. The summed E-state index contributed by atoms with van der Waals surface area (Å²) in [5, 5.41) is 10.2. The van der Waals surface area contributed by atoms with Crippen molar-refractivity contribution in [3.8, 4) is 17.1 Å². The SMILES string of the molecule is COCCOc1cc(Nc2[nH]nc(-c3ccc(N[S+]([O-])CCN(C)C)cc3)c2C(N)=O)ccn1. The Bertz CT molecular complexity index is 1080. The molecule has 0 bridgehead atoms. The molecule has 2 heterocycles. The zero-order chi connectivity index (χ0) is 24.5. The minimum atomic E-state index is -1.20. The van der Waals surface area contributed by atoms with E-state index in [0.717, 1.165) is 0 Å². The van der Waals surface area contributed by atoms with Gasteiger partial charge >= 0.3 is 0 Å². The largest absolute Gasteiger partial charge is 0.593 e.